The van der Waals surface area contributed by atoms with E-state index in [1.54, 1.807) is 6.92 Å². The minimum atomic E-state index is -0.747. The molecule has 0 amide bonds. The highest BCUT2D eigenvalue weighted by atomic mass is 16.7. The Kier molecular flexibility index (Phi) is 5.66. The largest absolute Gasteiger partial charge is 0.467 e. The second kappa shape index (κ2) is 7.04. The normalized spacial score (nSPS) is 14.1. The number of ether oxygens (including phenoxy) is 3. The second-order valence-electron chi connectivity index (χ2n) is 3.47. The third-order valence-corrected chi connectivity index (χ3v) is 2.25. The van der Waals surface area contributed by atoms with E-state index in [0.29, 0.717) is 6.61 Å². The summed E-state index contributed by atoms with van der Waals surface area (Å²) in [5, 5.41) is 0. The van der Waals surface area contributed by atoms with Gasteiger partial charge in [-0.05, 0) is 19.4 Å². The molecule has 0 aliphatic carbocycles. The lowest BCUT2D eigenvalue weighted by atomic mass is 10.1. The fourth-order valence-corrected chi connectivity index (χ4v) is 1.47. The average Bonchev–Trinajstić information content (AvgIpc) is 2.36. The Balaban J connectivity index is 2.78. The second-order valence-corrected chi connectivity index (χ2v) is 3.47. The Labute approximate surface area is 101 Å². The summed E-state index contributed by atoms with van der Waals surface area (Å²) in [4.78, 5) is 11.6. The lowest BCUT2D eigenvalue weighted by molar-refractivity contribution is -0.186. The van der Waals surface area contributed by atoms with E-state index in [1.165, 1.54) is 7.11 Å². The van der Waals surface area contributed by atoms with E-state index in [9.17, 15) is 4.79 Å². The smallest absolute Gasteiger partial charge is 0.339 e. The highest BCUT2D eigenvalue weighted by molar-refractivity contribution is 5.76. The van der Waals surface area contributed by atoms with Gasteiger partial charge < -0.3 is 14.2 Å². The van der Waals surface area contributed by atoms with Gasteiger partial charge in [0, 0.05) is 6.61 Å². The van der Waals surface area contributed by atoms with Crippen LogP contribution < -0.4 is 0 Å². The molecule has 0 spiro atoms. The molecule has 0 fully saturated rings. The molecule has 0 heterocycles. The van der Waals surface area contributed by atoms with Gasteiger partial charge >= 0.3 is 5.97 Å². The van der Waals surface area contributed by atoms with Crippen LogP contribution in [0.2, 0.25) is 0 Å². The van der Waals surface area contributed by atoms with Crippen LogP contribution in [0.15, 0.2) is 30.3 Å². The van der Waals surface area contributed by atoms with Crippen molar-refractivity contribution in [3.05, 3.63) is 35.9 Å². The van der Waals surface area contributed by atoms with Crippen molar-refractivity contribution in [3.63, 3.8) is 0 Å². The predicted molar refractivity (Wildman–Crippen MR) is 63.4 cm³/mol. The van der Waals surface area contributed by atoms with Crippen LogP contribution >= 0.6 is 0 Å². The monoisotopic (exact) mass is 238 g/mol. The number of rotatable bonds is 6. The summed E-state index contributed by atoms with van der Waals surface area (Å²) < 4.78 is 15.5. The topological polar surface area (TPSA) is 44.8 Å². The van der Waals surface area contributed by atoms with Crippen LogP contribution in [0.4, 0.5) is 0 Å². The maximum atomic E-state index is 11.6. The molecule has 4 heteroatoms. The van der Waals surface area contributed by atoms with E-state index in [1.807, 2.05) is 37.3 Å². The van der Waals surface area contributed by atoms with Crippen LogP contribution in [0, 0.1) is 0 Å². The van der Waals surface area contributed by atoms with Gasteiger partial charge in [-0.15, -0.1) is 0 Å². The Morgan fingerprint density at radius 1 is 1.29 bits per heavy atom. The molecule has 1 unspecified atom stereocenters. The summed E-state index contributed by atoms with van der Waals surface area (Å²) in [6.45, 7) is 4.15. The average molecular weight is 238 g/mol. The highest BCUT2D eigenvalue weighted by Crippen LogP contribution is 2.20. The highest BCUT2D eigenvalue weighted by Gasteiger charge is 2.24. The number of esters is 1. The Morgan fingerprint density at radius 2 is 1.94 bits per heavy atom. The van der Waals surface area contributed by atoms with Crippen LogP contribution in [0.5, 0.6) is 0 Å². The van der Waals surface area contributed by atoms with Crippen molar-refractivity contribution < 1.29 is 19.0 Å². The van der Waals surface area contributed by atoms with Gasteiger partial charge in [0.2, 0.25) is 0 Å². The van der Waals surface area contributed by atoms with Crippen molar-refractivity contribution >= 4 is 5.97 Å². The van der Waals surface area contributed by atoms with Gasteiger partial charge in [-0.3, -0.25) is 0 Å². The number of methoxy groups -OCH3 is 1. The summed E-state index contributed by atoms with van der Waals surface area (Å²) in [5.41, 5.74) is 0.755. The summed E-state index contributed by atoms with van der Waals surface area (Å²) in [7, 11) is 1.34. The van der Waals surface area contributed by atoms with Crippen LogP contribution in [0.25, 0.3) is 0 Å². The number of hydrogen-bond donors (Lipinski definition) is 0. The van der Waals surface area contributed by atoms with Crippen molar-refractivity contribution in [2.75, 3.05) is 13.7 Å². The molecule has 0 N–H and O–H groups in total. The molecule has 0 saturated heterocycles. The lowest BCUT2D eigenvalue weighted by Gasteiger charge is -2.20. The Hall–Kier alpha value is -1.39. The van der Waals surface area contributed by atoms with E-state index in [0.717, 1.165) is 5.56 Å². The van der Waals surface area contributed by atoms with Gasteiger partial charge in [-0.2, -0.15) is 0 Å². The fraction of sp³-hybridized carbons (Fsp3) is 0.462. The fourth-order valence-electron chi connectivity index (χ4n) is 1.47. The van der Waals surface area contributed by atoms with Gasteiger partial charge in [0.05, 0.1) is 7.11 Å². The Morgan fingerprint density at radius 3 is 2.47 bits per heavy atom. The van der Waals surface area contributed by atoms with E-state index >= 15 is 0 Å². The van der Waals surface area contributed by atoms with Gasteiger partial charge in [-0.25, -0.2) is 4.79 Å². The molecule has 0 bridgehead atoms. The zero-order valence-electron chi connectivity index (χ0n) is 10.4. The molecule has 0 aliphatic rings. The quantitative estimate of drug-likeness (QED) is 0.563. The molecule has 0 saturated carbocycles. The first-order valence-electron chi connectivity index (χ1n) is 5.58. The number of hydrogen-bond acceptors (Lipinski definition) is 4. The van der Waals surface area contributed by atoms with E-state index in [-0.39, 0.29) is 0 Å². The summed E-state index contributed by atoms with van der Waals surface area (Å²) in [6.07, 6.45) is -1.20. The van der Waals surface area contributed by atoms with E-state index in [2.05, 4.69) is 0 Å². The van der Waals surface area contributed by atoms with E-state index in [4.69, 9.17) is 14.2 Å². The van der Waals surface area contributed by atoms with Crippen molar-refractivity contribution in [3.8, 4) is 0 Å². The predicted octanol–water partition coefficient (Wildman–Crippen LogP) is 2.30. The third kappa shape index (κ3) is 4.17. The molecule has 1 aromatic rings. The summed E-state index contributed by atoms with van der Waals surface area (Å²) >= 11 is 0. The van der Waals surface area contributed by atoms with Crippen molar-refractivity contribution in [1.29, 1.82) is 0 Å². The first kappa shape index (κ1) is 13.7. The van der Waals surface area contributed by atoms with Crippen molar-refractivity contribution in [2.24, 2.45) is 0 Å². The molecule has 17 heavy (non-hydrogen) atoms. The molecular weight excluding hydrogens is 220 g/mol. The maximum Gasteiger partial charge on any atom is 0.339 e. The SMILES string of the molecule is CCOC(C)O[C@@H](C(=O)OC)c1ccccc1. The van der Waals surface area contributed by atoms with E-state index < -0.39 is 18.4 Å². The third-order valence-electron chi connectivity index (χ3n) is 2.25. The minimum Gasteiger partial charge on any atom is -0.467 e. The zero-order valence-corrected chi connectivity index (χ0v) is 10.4. The van der Waals surface area contributed by atoms with Crippen molar-refractivity contribution in [1.82, 2.24) is 0 Å². The first-order valence-corrected chi connectivity index (χ1v) is 5.58. The van der Waals surface area contributed by atoms with Gasteiger partial charge in [0.25, 0.3) is 0 Å². The van der Waals surface area contributed by atoms with Gasteiger partial charge in [-0.1, -0.05) is 30.3 Å². The standard InChI is InChI=1S/C13H18O4/c1-4-16-10(2)17-12(13(14)15-3)11-8-6-5-7-9-11/h5-10,12H,4H2,1-3H3/t10?,12-/m1/s1. The number of carbonyl (C=O) groups excluding carboxylic acids is 1. The lowest BCUT2D eigenvalue weighted by Crippen LogP contribution is -2.24. The minimum absolute atomic E-state index is 0.428. The zero-order chi connectivity index (χ0) is 12.7. The van der Waals surface area contributed by atoms with Crippen LogP contribution in [0.1, 0.15) is 25.5 Å². The molecule has 2 atom stereocenters. The summed E-state index contributed by atoms with van der Waals surface area (Å²) in [5.74, 6) is -0.428. The summed E-state index contributed by atoms with van der Waals surface area (Å²) in [6, 6.07) is 9.21. The molecule has 1 aromatic carbocycles. The Bertz CT molecular complexity index is 337. The molecule has 0 aliphatic heterocycles. The number of benzene rings is 1. The van der Waals surface area contributed by atoms with Gasteiger partial charge in [0.15, 0.2) is 12.4 Å². The van der Waals surface area contributed by atoms with Gasteiger partial charge in [0.1, 0.15) is 0 Å². The molecule has 94 valence electrons. The van der Waals surface area contributed by atoms with Crippen LogP contribution in [0.3, 0.4) is 0 Å². The molecular formula is C13H18O4. The van der Waals surface area contributed by atoms with Crippen molar-refractivity contribution in [2.45, 2.75) is 26.2 Å². The van der Waals surface area contributed by atoms with Crippen LogP contribution in [-0.4, -0.2) is 26.0 Å². The molecule has 1 rings (SSSR count). The first-order chi connectivity index (χ1) is 8.19. The molecule has 0 radical (unpaired) electrons. The number of carbonyl (C=O) groups is 1. The van der Waals surface area contributed by atoms with Crippen LogP contribution in [-0.2, 0) is 19.0 Å². The maximum absolute atomic E-state index is 11.6. The molecule has 0 aromatic heterocycles. The molecule has 4 nitrogen and oxygen atoms in total.